The summed E-state index contributed by atoms with van der Waals surface area (Å²) in [5.41, 5.74) is 0. The van der Waals surface area contributed by atoms with Crippen LogP contribution in [-0.4, -0.2) is 35.6 Å². The topological polar surface area (TPSA) is 40.5 Å². The van der Waals surface area contributed by atoms with E-state index in [4.69, 9.17) is 5.11 Å². The average molecular weight is 173 g/mol. The molecule has 0 aromatic carbocycles. The van der Waals surface area contributed by atoms with Crippen LogP contribution in [0.15, 0.2) is 0 Å². The number of carbonyl (C=O) groups excluding carboxylic acids is 1. The standard InChI is InChI=1S/C9H19NO2/c1-3-6-9(12)10(4-2)7-5-8-11/h11H,3-8H2,1-2H3. The number of nitrogens with zero attached hydrogens (tertiary/aromatic N) is 1. The van der Waals surface area contributed by atoms with Crippen molar-refractivity contribution >= 4 is 5.91 Å². The second kappa shape index (κ2) is 7.10. The molecule has 0 atom stereocenters. The van der Waals surface area contributed by atoms with Crippen molar-refractivity contribution < 1.29 is 9.90 Å². The van der Waals surface area contributed by atoms with Crippen LogP contribution in [0.4, 0.5) is 0 Å². The first-order chi connectivity index (χ1) is 5.76. The highest BCUT2D eigenvalue weighted by molar-refractivity contribution is 5.75. The molecule has 1 amide bonds. The fourth-order valence-electron chi connectivity index (χ4n) is 1.09. The van der Waals surface area contributed by atoms with Crippen LogP contribution >= 0.6 is 0 Å². The van der Waals surface area contributed by atoms with Crippen LogP contribution in [0.2, 0.25) is 0 Å². The minimum atomic E-state index is 0.163. The molecule has 1 N–H and O–H groups in total. The third-order valence-electron chi connectivity index (χ3n) is 1.78. The first kappa shape index (κ1) is 11.4. The molecule has 0 heterocycles. The zero-order chi connectivity index (χ0) is 9.40. The predicted molar refractivity (Wildman–Crippen MR) is 48.9 cm³/mol. The highest BCUT2D eigenvalue weighted by atomic mass is 16.3. The molecule has 0 aliphatic heterocycles. The zero-order valence-corrected chi connectivity index (χ0v) is 8.05. The maximum Gasteiger partial charge on any atom is 0.222 e. The maximum atomic E-state index is 11.3. The van der Waals surface area contributed by atoms with Gasteiger partial charge in [-0.3, -0.25) is 4.79 Å². The molecule has 3 nitrogen and oxygen atoms in total. The maximum absolute atomic E-state index is 11.3. The van der Waals surface area contributed by atoms with Gasteiger partial charge in [0.15, 0.2) is 0 Å². The molecule has 3 heteroatoms. The third-order valence-corrected chi connectivity index (χ3v) is 1.78. The van der Waals surface area contributed by atoms with E-state index in [1.807, 2.05) is 13.8 Å². The lowest BCUT2D eigenvalue weighted by Gasteiger charge is -2.19. The lowest BCUT2D eigenvalue weighted by molar-refractivity contribution is -0.131. The van der Waals surface area contributed by atoms with E-state index in [-0.39, 0.29) is 12.5 Å². The van der Waals surface area contributed by atoms with Gasteiger partial charge < -0.3 is 10.0 Å². The van der Waals surface area contributed by atoms with Crippen LogP contribution in [0.5, 0.6) is 0 Å². The molecule has 0 fully saturated rings. The van der Waals surface area contributed by atoms with Crippen LogP contribution in [0.1, 0.15) is 33.1 Å². The van der Waals surface area contributed by atoms with Crippen LogP contribution in [0, 0.1) is 0 Å². The molecule has 0 unspecified atom stereocenters. The van der Waals surface area contributed by atoms with Crippen molar-refractivity contribution in [3.63, 3.8) is 0 Å². The minimum Gasteiger partial charge on any atom is -0.396 e. The number of rotatable bonds is 6. The van der Waals surface area contributed by atoms with E-state index in [1.165, 1.54) is 0 Å². The van der Waals surface area contributed by atoms with Gasteiger partial charge in [-0.15, -0.1) is 0 Å². The SMILES string of the molecule is CCCC(=O)N(CC)CCCO. The molecule has 0 aliphatic carbocycles. The summed E-state index contributed by atoms with van der Waals surface area (Å²) in [6, 6.07) is 0. The minimum absolute atomic E-state index is 0.163. The highest BCUT2D eigenvalue weighted by Gasteiger charge is 2.08. The van der Waals surface area contributed by atoms with Gasteiger partial charge in [-0.25, -0.2) is 0 Å². The summed E-state index contributed by atoms with van der Waals surface area (Å²) in [5, 5.41) is 8.58. The zero-order valence-electron chi connectivity index (χ0n) is 8.05. The van der Waals surface area contributed by atoms with E-state index in [2.05, 4.69) is 0 Å². The number of aliphatic hydroxyl groups is 1. The van der Waals surface area contributed by atoms with Crippen LogP contribution in [-0.2, 0) is 4.79 Å². The summed E-state index contributed by atoms with van der Waals surface area (Å²) >= 11 is 0. The Morgan fingerprint density at radius 1 is 1.42 bits per heavy atom. The van der Waals surface area contributed by atoms with Crippen LogP contribution < -0.4 is 0 Å². The normalized spacial score (nSPS) is 9.92. The van der Waals surface area contributed by atoms with Gasteiger partial charge in [0.2, 0.25) is 5.91 Å². The van der Waals surface area contributed by atoms with E-state index < -0.39 is 0 Å². The third kappa shape index (κ3) is 4.34. The second-order valence-electron chi connectivity index (χ2n) is 2.80. The first-order valence-electron chi connectivity index (χ1n) is 4.64. The fourth-order valence-corrected chi connectivity index (χ4v) is 1.09. The predicted octanol–water partition coefficient (Wildman–Crippen LogP) is 1.02. The van der Waals surface area contributed by atoms with E-state index >= 15 is 0 Å². The van der Waals surface area contributed by atoms with Crippen molar-refractivity contribution in [2.24, 2.45) is 0 Å². The van der Waals surface area contributed by atoms with Gasteiger partial charge in [0.25, 0.3) is 0 Å². The summed E-state index contributed by atoms with van der Waals surface area (Å²) in [6.07, 6.45) is 2.21. The Hall–Kier alpha value is -0.570. The van der Waals surface area contributed by atoms with Crippen molar-refractivity contribution in [1.29, 1.82) is 0 Å². The molecule has 0 aromatic heterocycles. The number of hydrogen-bond donors (Lipinski definition) is 1. The Morgan fingerprint density at radius 3 is 2.50 bits per heavy atom. The Bertz CT molecular complexity index is 126. The molecule has 72 valence electrons. The van der Waals surface area contributed by atoms with Gasteiger partial charge in [-0.1, -0.05) is 6.92 Å². The summed E-state index contributed by atoms with van der Waals surface area (Å²) < 4.78 is 0. The monoisotopic (exact) mass is 173 g/mol. The Morgan fingerprint density at radius 2 is 2.08 bits per heavy atom. The molecule has 12 heavy (non-hydrogen) atoms. The van der Waals surface area contributed by atoms with Gasteiger partial charge in [0, 0.05) is 26.1 Å². The molecule has 0 aromatic rings. The summed E-state index contributed by atoms with van der Waals surface area (Å²) in [4.78, 5) is 13.1. The number of hydrogen-bond acceptors (Lipinski definition) is 2. The smallest absolute Gasteiger partial charge is 0.222 e. The molecular formula is C9H19NO2. The lowest BCUT2D eigenvalue weighted by atomic mass is 10.3. The molecule has 0 spiro atoms. The number of carbonyl (C=O) groups is 1. The Kier molecular flexibility index (Phi) is 6.76. The van der Waals surface area contributed by atoms with Crippen LogP contribution in [0.3, 0.4) is 0 Å². The van der Waals surface area contributed by atoms with Crippen molar-refractivity contribution in [3.05, 3.63) is 0 Å². The summed E-state index contributed by atoms with van der Waals surface area (Å²) in [7, 11) is 0. The van der Waals surface area contributed by atoms with E-state index in [0.29, 0.717) is 19.4 Å². The van der Waals surface area contributed by atoms with Gasteiger partial charge in [-0.05, 0) is 19.8 Å². The van der Waals surface area contributed by atoms with Crippen molar-refractivity contribution in [3.8, 4) is 0 Å². The molecule has 0 saturated carbocycles. The molecule has 0 aliphatic rings. The van der Waals surface area contributed by atoms with Gasteiger partial charge in [0.05, 0.1) is 0 Å². The van der Waals surface area contributed by atoms with Gasteiger partial charge >= 0.3 is 0 Å². The molecular weight excluding hydrogens is 154 g/mol. The average Bonchev–Trinajstić information content (AvgIpc) is 2.06. The Labute approximate surface area is 74.4 Å². The van der Waals surface area contributed by atoms with Crippen molar-refractivity contribution in [1.82, 2.24) is 4.90 Å². The van der Waals surface area contributed by atoms with Crippen molar-refractivity contribution in [2.75, 3.05) is 19.7 Å². The molecule has 0 rings (SSSR count). The largest absolute Gasteiger partial charge is 0.396 e. The van der Waals surface area contributed by atoms with Gasteiger partial charge in [-0.2, -0.15) is 0 Å². The fraction of sp³-hybridized carbons (Fsp3) is 0.889. The summed E-state index contributed by atoms with van der Waals surface area (Å²) in [5.74, 6) is 0.202. The van der Waals surface area contributed by atoms with Gasteiger partial charge in [0.1, 0.15) is 0 Å². The number of aliphatic hydroxyl groups excluding tert-OH is 1. The van der Waals surface area contributed by atoms with E-state index in [0.717, 1.165) is 13.0 Å². The second-order valence-corrected chi connectivity index (χ2v) is 2.80. The number of amides is 1. The lowest BCUT2D eigenvalue weighted by Crippen LogP contribution is -2.31. The Balaban J connectivity index is 3.71. The highest BCUT2D eigenvalue weighted by Crippen LogP contribution is 1.98. The van der Waals surface area contributed by atoms with E-state index in [1.54, 1.807) is 4.90 Å². The quantitative estimate of drug-likeness (QED) is 0.651. The van der Waals surface area contributed by atoms with Crippen LogP contribution in [0.25, 0.3) is 0 Å². The molecule has 0 saturated heterocycles. The summed E-state index contributed by atoms with van der Waals surface area (Å²) in [6.45, 7) is 5.56. The first-order valence-corrected chi connectivity index (χ1v) is 4.64. The molecule has 0 bridgehead atoms. The van der Waals surface area contributed by atoms with E-state index in [9.17, 15) is 4.79 Å². The van der Waals surface area contributed by atoms with Crippen molar-refractivity contribution in [2.45, 2.75) is 33.1 Å². The molecule has 0 radical (unpaired) electrons.